The predicted octanol–water partition coefficient (Wildman–Crippen LogP) is 4.29. The summed E-state index contributed by atoms with van der Waals surface area (Å²) in [7, 11) is -3.55. The van der Waals surface area contributed by atoms with Crippen molar-refractivity contribution in [2.24, 2.45) is 0 Å². The van der Waals surface area contributed by atoms with Crippen LogP contribution in [0.2, 0.25) is 5.02 Å². The van der Waals surface area contributed by atoms with E-state index in [0.717, 1.165) is 18.9 Å². The normalized spacial score (nSPS) is 27.5. The molecule has 4 nitrogen and oxygen atoms in total. The van der Waals surface area contributed by atoms with Crippen LogP contribution in [0.4, 0.5) is 13.2 Å². The molecule has 2 aliphatic heterocycles. The number of rotatable bonds is 4. The lowest BCUT2D eigenvalue weighted by Gasteiger charge is -2.36. The van der Waals surface area contributed by atoms with Gasteiger partial charge in [0.15, 0.2) is 0 Å². The Morgan fingerprint density at radius 2 is 1.84 bits per heavy atom. The van der Waals surface area contributed by atoms with Gasteiger partial charge < -0.3 is 9.08 Å². The van der Waals surface area contributed by atoms with E-state index in [4.69, 9.17) is 11.6 Å². The van der Waals surface area contributed by atoms with Crippen molar-refractivity contribution in [3.05, 3.63) is 23.2 Å². The molecule has 2 saturated heterocycles. The number of hydrogen-bond donors (Lipinski definition) is 0. The van der Waals surface area contributed by atoms with Crippen molar-refractivity contribution in [1.29, 1.82) is 0 Å². The van der Waals surface area contributed by atoms with Gasteiger partial charge in [-0.15, -0.1) is 11.8 Å². The van der Waals surface area contributed by atoms with Crippen molar-refractivity contribution < 1.29 is 25.8 Å². The predicted molar refractivity (Wildman–Crippen MR) is 90.5 cm³/mol. The number of hydrogen-bond acceptors (Lipinski definition) is 5. The summed E-state index contributed by atoms with van der Waals surface area (Å²) in [6.45, 7) is 0. The average molecular weight is 416 g/mol. The monoisotopic (exact) mass is 415 g/mol. The molecule has 3 rings (SSSR count). The van der Waals surface area contributed by atoms with Gasteiger partial charge in [-0.2, -0.15) is 21.6 Å². The van der Waals surface area contributed by atoms with E-state index in [-0.39, 0.29) is 5.02 Å². The minimum atomic E-state index is -5.69. The van der Waals surface area contributed by atoms with E-state index in [0.29, 0.717) is 22.2 Å². The molecular formula is C15H17ClF3NO3S2. The molecular weight excluding hydrogens is 399 g/mol. The van der Waals surface area contributed by atoms with E-state index < -0.39 is 21.4 Å². The summed E-state index contributed by atoms with van der Waals surface area (Å²) in [5.74, 6) is -0.449. The molecule has 0 saturated carbocycles. The van der Waals surface area contributed by atoms with Crippen LogP contribution < -0.4 is 4.18 Å². The van der Waals surface area contributed by atoms with Crippen LogP contribution in [-0.4, -0.2) is 43.2 Å². The van der Waals surface area contributed by atoms with Gasteiger partial charge in [0.2, 0.25) is 0 Å². The molecule has 2 aliphatic rings. The van der Waals surface area contributed by atoms with E-state index in [1.807, 2.05) is 0 Å². The Kier molecular flexibility index (Phi) is 5.22. The topological polar surface area (TPSA) is 46.6 Å². The third-order valence-electron chi connectivity index (χ3n) is 4.74. The second kappa shape index (κ2) is 6.83. The number of piperidine rings is 1. The number of fused-ring (bicyclic) bond motifs is 2. The van der Waals surface area contributed by atoms with Crippen LogP contribution in [0.5, 0.6) is 5.75 Å². The van der Waals surface area contributed by atoms with Gasteiger partial charge in [-0.25, -0.2) is 0 Å². The highest BCUT2D eigenvalue weighted by Gasteiger charge is 2.48. The number of thioether (sulfide) groups is 1. The average Bonchev–Trinajstić information content (AvgIpc) is 2.70. The van der Waals surface area contributed by atoms with Crippen LogP contribution in [0.1, 0.15) is 25.7 Å². The minimum Gasteiger partial charge on any atom is -0.376 e. The molecule has 2 heterocycles. The Morgan fingerprint density at radius 3 is 2.36 bits per heavy atom. The minimum absolute atomic E-state index is 0.186. The molecule has 1 unspecified atom stereocenters. The van der Waals surface area contributed by atoms with Gasteiger partial charge in [-0.05, 0) is 44.9 Å². The van der Waals surface area contributed by atoms with Gasteiger partial charge >= 0.3 is 15.6 Å². The zero-order chi connectivity index (χ0) is 18.4. The first-order valence-corrected chi connectivity index (χ1v) is 10.4. The summed E-state index contributed by atoms with van der Waals surface area (Å²) in [5.41, 5.74) is -5.47. The zero-order valence-corrected chi connectivity index (χ0v) is 15.7. The van der Waals surface area contributed by atoms with E-state index in [1.165, 1.54) is 25.0 Å². The van der Waals surface area contributed by atoms with Gasteiger partial charge in [0.05, 0.1) is 5.02 Å². The quantitative estimate of drug-likeness (QED) is 0.542. The fraction of sp³-hybridized carbons (Fsp3) is 0.600. The molecule has 2 fully saturated rings. The summed E-state index contributed by atoms with van der Waals surface area (Å²) in [6, 6.07) is 4.94. The smallest absolute Gasteiger partial charge is 0.376 e. The molecule has 140 valence electrons. The molecule has 2 bridgehead atoms. The van der Waals surface area contributed by atoms with Crippen LogP contribution in [-0.2, 0) is 10.1 Å². The maximum absolute atomic E-state index is 12.4. The van der Waals surface area contributed by atoms with E-state index in [9.17, 15) is 21.6 Å². The Labute approximate surface area is 153 Å². The van der Waals surface area contributed by atoms with Gasteiger partial charge in [0.25, 0.3) is 0 Å². The number of nitrogens with zero attached hydrogens (tertiary/aromatic N) is 1. The molecule has 0 N–H and O–H groups in total. The summed E-state index contributed by atoms with van der Waals surface area (Å²) < 4.78 is 63.3. The third-order valence-corrected chi connectivity index (χ3v) is 7.47. The fourth-order valence-electron chi connectivity index (χ4n) is 3.44. The van der Waals surface area contributed by atoms with Gasteiger partial charge in [-0.3, -0.25) is 0 Å². The Morgan fingerprint density at radius 1 is 1.24 bits per heavy atom. The first kappa shape index (κ1) is 19.1. The third kappa shape index (κ3) is 4.04. The van der Waals surface area contributed by atoms with Crippen molar-refractivity contribution in [3.8, 4) is 5.75 Å². The lowest BCUT2D eigenvalue weighted by molar-refractivity contribution is -0.0500. The SMILES string of the molecule is CN1[C@@H]2CC[C@H]1CC(Sc1ccc(OS(=O)(=O)C(F)(F)F)cc1Cl)C2. The molecule has 0 spiro atoms. The maximum Gasteiger partial charge on any atom is 0.534 e. The fourth-order valence-corrected chi connectivity index (χ4v) is 5.51. The molecule has 0 aliphatic carbocycles. The summed E-state index contributed by atoms with van der Waals surface area (Å²) in [4.78, 5) is 3.13. The maximum atomic E-state index is 12.4. The molecule has 25 heavy (non-hydrogen) atoms. The zero-order valence-electron chi connectivity index (χ0n) is 13.3. The van der Waals surface area contributed by atoms with Crippen molar-refractivity contribution in [2.75, 3.05) is 7.05 Å². The van der Waals surface area contributed by atoms with Crippen molar-refractivity contribution >= 4 is 33.5 Å². The van der Waals surface area contributed by atoms with E-state index in [2.05, 4.69) is 16.1 Å². The van der Waals surface area contributed by atoms with Crippen LogP contribution in [0.25, 0.3) is 0 Å². The van der Waals surface area contributed by atoms with Crippen LogP contribution in [0.15, 0.2) is 23.1 Å². The van der Waals surface area contributed by atoms with Gasteiger partial charge in [-0.1, -0.05) is 11.6 Å². The summed E-state index contributed by atoms with van der Waals surface area (Å²) >= 11 is 7.71. The van der Waals surface area contributed by atoms with Crippen LogP contribution in [0, 0.1) is 0 Å². The number of halogens is 4. The molecule has 0 aromatic heterocycles. The van der Waals surface area contributed by atoms with Crippen molar-refractivity contribution in [3.63, 3.8) is 0 Å². The van der Waals surface area contributed by atoms with E-state index in [1.54, 1.807) is 11.8 Å². The Hall–Kier alpha value is -0.640. The van der Waals surface area contributed by atoms with Crippen LogP contribution in [0.3, 0.4) is 0 Å². The van der Waals surface area contributed by atoms with Gasteiger partial charge in [0, 0.05) is 28.3 Å². The molecule has 10 heteroatoms. The second-order valence-electron chi connectivity index (χ2n) is 6.34. The first-order chi connectivity index (χ1) is 11.6. The highest BCUT2D eigenvalue weighted by atomic mass is 35.5. The Bertz CT molecular complexity index is 743. The lowest BCUT2D eigenvalue weighted by atomic mass is 10.0. The number of alkyl halides is 3. The highest BCUT2D eigenvalue weighted by molar-refractivity contribution is 8.00. The number of benzene rings is 1. The van der Waals surface area contributed by atoms with Crippen molar-refractivity contribution in [2.45, 2.75) is 53.4 Å². The summed E-state index contributed by atoms with van der Waals surface area (Å²) in [5, 5.41) is 0.572. The Balaban J connectivity index is 1.69. The first-order valence-electron chi connectivity index (χ1n) is 7.76. The van der Waals surface area contributed by atoms with Gasteiger partial charge in [0.1, 0.15) is 5.75 Å². The summed E-state index contributed by atoms with van der Waals surface area (Å²) in [6.07, 6.45) is 4.45. The standard InChI is InChI=1S/C15H17ClF3NO3S2/c1-20-9-2-3-10(20)7-12(6-9)24-14-5-4-11(8-13(14)16)23-25(21,22)15(17,18)19/h4-5,8-10,12H,2-3,6-7H2,1H3/t9-,10+,12?. The van der Waals surface area contributed by atoms with E-state index >= 15 is 0 Å². The molecule has 3 atom stereocenters. The van der Waals surface area contributed by atoms with Crippen LogP contribution >= 0.6 is 23.4 Å². The molecule has 0 amide bonds. The van der Waals surface area contributed by atoms with Crippen molar-refractivity contribution in [1.82, 2.24) is 4.90 Å². The lowest BCUT2D eigenvalue weighted by Crippen LogP contribution is -2.40. The second-order valence-corrected chi connectivity index (χ2v) is 9.62. The molecule has 1 aromatic carbocycles. The molecule has 1 aromatic rings. The largest absolute Gasteiger partial charge is 0.534 e. The molecule has 0 radical (unpaired) electrons. The highest BCUT2D eigenvalue weighted by Crippen LogP contribution is 2.43.